The normalized spacial score (nSPS) is 13.4. The molecule has 2 heteroatoms. The van der Waals surface area contributed by atoms with Crippen molar-refractivity contribution >= 4 is 0 Å². The average molecular weight is 138 g/mol. The lowest BCUT2D eigenvalue weighted by atomic mass is 10.2. The molecule has 0 saturated carbocycles. The van der Waals surface area contributed by atoms with Crippen LogP contribution in [0.4, 0.5) is 0 Å². The van der Waals surface area contributed by atoms with E-state index in [1.165, 1.54) is 5.69 Å². The van der Waals surface area contributed by atoms with Gasteiger partial charge in [0.05, 0.1) is 0 Å². The van der Waals surface area contributed by atoms with Gasteiger partial charge in [-0.2, -0.15) is 0 Å². The molecule has 2 N–H and O–H groups in total. The summed E-state index contributed by atoms with van der Waals surface area (Å²) in [4.78, 5) is 3.16. The Morgan fingerprint density at radius 3 is 3.00 bits per heavy atom. The van der Waals surface area contributed by atoms with Crippen molar-refractivity contribution in [1.82, 2.24) is 10.3 Å². The lowest BCUT2D eigenvalue weighted by Crippen LogP contribution is -2.17. The number of rotatable bonds is 3. The van der Waals surface area contributed by atoms with Gasteiger partial charge in [0, 0.05) is 17.9 Å². The standard InChI is InChI=1S/C8H14N2/c1-3-9-7(2)8-5-4-6-10-8/h4-7,9-10H,3H2,1-2H3/t7-/m1/s1. The number of aromatic nitrogens is 1. The maximum atomic E-state index is 3.32. The molecular formula is C8H14N2. The number of nitrogens with one attached hydrogen (secondary N) is 2. The first-order valence-electron chi connectivity index (χ1n) is 3.71. The number of hydrogen-bond acceptors (Lipinski definition) is 1. The van der Waals surface area contributed by atoms with E-state index < -0.39 is 0 Å². The fraction of sp³-hybridized carbons (Fsp3) is 0.500. The molecule has 0 bridgehead atoms. The van der Waals surface area contributed by atoms with Crippen LogP contribution in [0.5, 0.6) is 0 Å². The van der Waals surface area contributed by atoms with E-state index in [0.717, 1.165) is 6.54 Å². The molecule has 56 valence electrons. The van der Waals surface area contributed by atoms with E-state index in [4.69, 9.17) is 0 Å². The number of aromatic amines is 1. The zero-order chi connectivity index (χ0) is 7.40. The molecule has 2 nitrogen and oxygen atoms in total. The van der Waals surface area contributed by atoms with Crippen LogP contribution >= 0.6 is 0 Å². The van der Waals surface area contributed by atoms with Gasteiger partial charge in [0.15, 0.2) is 0 Å². The first-order valence-corrected chi connectivity index (χ1v) is 3.71. The Morgan fingerprint density at radius 2 is 2.50 bits per heavy atom. The average Bonchev–Trinajstić information content (AvgIpc) is 2.38. The van der Waals surface area contributed by atoms with E-state index in [-0.39, 0.29) is 0 Å². The quantitative estimate of drug-likeness (QED) is 0.653. The first-order chi connectivity index (χ1) is 4.84. The molecule has 0 aliphatic heterocycles. The van der Waals surface area contributed by atoms with Gasteiger partial charge >= 0.3 is 0 Å². The molecular weight excluding hydrogens is 124 g/mol. The van der Waals surface area contributed by atoms with Gasteiger partial charge in [0.25, 0.3) is 0 Å². The van der Waals surface area contributed by atoms with Crippen molar-refractivity contribution in [3.05, 3.63) is 24.0 Å². The molecule has 10 heavy (non-hydrogen) atoms. The Kier molecular flexibility index (Phi) is 2.51. The molecule has 0 aliphatic carbocycles. The van der Waals surface area contributed by atoms with Crippen LogP contribution in [0.1, 0.15) is 25.6 Å². The van der Waals surface area contributed by atoms with E-state index in [1.807, 2.05) is 12.3 Å². The van der Waals surface area contributed by atoms with Crippen molar-refractivity contribution in [3.8, 4) is 0 Å². The van der Waals surface area contributed by atoms with Gasteiger partial charge in [-0.1, -0.05) is 6.92 Å². The van der Waals surface area contributed by atoms with E-state index in [1.54, 1.807) is 0 Å². The van der Waals surface area contributed by atoms with Gasteiger partial charge in [0.1, 0.15) is 0 Å². The third-order valence-electron chi connectivity index (χ3n) is 1.60. The molecule has 0 amide bonds. The first kappa shape index (κ1) is 7.35. The summed E-state index contributed by atoms with van der Waals surface area (Å²) in [6.45, 7) is 5.27. The Hall–Kier alpha value is -0.760. The van der Waals surface area contributed by atoms with Crippen LogP contribution in [0, 0.1) is 0 Å². The highest BCUT2D eigenvalue weighted by Crippen LogP contribution is 2.07. The van der Waals surface area contributed by atoms with Gasteiger partial charge in [-0.25, -0.2) is 0 Å². The predicted molar refractivity (Wildman–Crippen MR) is 42.9 cm³/mol. The van der Waals surface area contributed by atoms with Crippen LogP contribution in [0.3, 0.4) is 0 Å². The minimum Gasteiger partial charge on any atom is -0.364 e. The van der Waals surface area contributed by atoms with Crippen molar-refractivity contribution in [1.29, 1.82) is 0 Å². The summed E-state index contributed by atoms with van der Waals surface area (Å²) < 4.78 is 0. The third-order valence-corrected chi connectivity index (χ3v) is 1.60. The van der Waals surface area contributed by atoms with Crippen molar-refractivity contribution < 1.29 is 0 Å². The molecule has 1 rings (SSSR count). The van der Waals surface area contributed by atoms with E-state index in [9.17, 15) is 0 Å². The second-order valence-corrected chi connectivity index (χ2v) is 2.40. The van der Waals surface area contributed by atoms with Crippen molar-refractivity contribution in [2.45, 2.75) is 19.9 Å². The Labute approximate surface area is 61.7 Å². The predicted octanol–water partition coefficient (Wildman–Crippen LogP) is 1.69. The minimum absolute atomic E-state index is 0.444. The minimum atomic E-state index is 0.444. The highest BCUT2D eigenvalue weighted by Gasteiger charge is 2.01. The highest BCUT2D eigenvalue weighted by molar-refractivity contribution is 5.07. The number of hydrogen-bond donors (Lipinski definition) is 2. The van der Waals surface area contributed by atoms with Gasteiger partial charge in [-0.3, -0.25) is 0 Å². The summed E-state index contributed by atoms with van der Waals surface area (Å²) in [5.41, 5.74) is 1.25. The molecule has 0 aliphatic rings. The van der Waals surface area contributed by atoms with Crippen molar-refractivity contribution in [2.24, 2.45) is 0 Å². The molecule has 0 fully saturated rings. The second-order valence-electron chi connectivity index (χ2n) is 2.40. The SMILES string of the molecule is CCN[C@H](C)c1ccc[nH]1. The summed E-state index contributed by atoms with van der Waals surface area (Å²) in [6, 6.07) is 4.55. The lowest BCUT2D eigenvalue weighted by molar-refractivity contribution is 0.586. The largest absolute Gasteiger partial charge is 0.364 e. The van der Waals surface area contributed by atoms with Crippen molar-refractivity contribution in [3.63, 3.8) is 0 Å². The van der Waals surface area contributed by atoms with Crippen LogP contribution in [0.2, 0.25) is 0 Å². The van der Waals surface area contributed by atoms with Crippen molar-refractivity contribution in [2.75, 3.05) is 6.54 Å². The monoisotopic (exact) mass is 138 g/mol. The summed E-state index contributed by atoms with van der Waals surface area (Å²) in [6.07, 6.45) is 1.95. The van der Waals surface area contributed by atoms with E-state index in [0.29, 0.717) is 6.04 Å². The Morgan fingerprint density at radius 1 is 1.70 bits per heavy atom. The fourth-order valence-corrected chi connectivity index (χ4v) is 1.03. The maximum absolute atomic E-state index is 3.32. The van der Waals surface area contributed by atoms with Gasteiger partial charge in [-0.05, 0) is 25.6 Å². The van der Waals surface area contributed by atoms with Crippen LogP contribution in [-0.2, 0) is 0 Å². The third kappa shape index (κ3) is 1.61. The van der Waals surface area contributed by atoms with Gasteiger partial charge in [-0.15, -0.1) is 0 Å². The highest BCUT2D eigenvalue weighted by atomic mass is 14.9. The molecule has 0 aromatic carbocycles. The molecule has 1 aromatic rings. The summed E-state index contributed by atoms with van der Waals surface area (Å²) in [5.74, 6) is 0. The molecule has 0 saturated heterocycles. The van der Waals surface area contributed by atoms with Crippen LogP contribution in [-0.4, -0.2) is 11.5 Å². The summed E-state index contributed by atoms with van der Waals surface area (Å²) in [7, 11) is 0. The van der Waals surface area contributed by atoms with Gasteiger partial charge < -0.3 is 10.3 Å². The van der Waals surface area contributed by atoms with E-state index >= 15 is 0 Å². The Balaban J connectivity index is 2.50. The molecule has 0 radical (unpaired) electrons. The molecule has 0 spiro atoms. The maximum Gasteiger partial charge on any atom is 0.0444 e. The molecule has 1 heterocycles. The molecule has 1 atom stereocenters. The fourth-order valence-electron chi connectivity index (χ4n) is 1.03. The van der Waals surface area contributed by atoms with Crippen LogP contribution in [0.15, 0.2) is 18.3 Å². The molecule has 1 aromatic heterocycles. The topological polar surface area (TPSA) is 27.8 Å². The summed E-state index contributed by atoms with van der Waals surface area (Å²) >= 11 is 0. The van der Waals surface area contributed by atoms with Gasteiger partial charge in [0.2, 0.25) is 0 Å². The van der Waals surface area contributed by atoms with Crippen LogP contribution < -0.4 is 5.32 Å². The number of H-pyrrole nitrogens is 1. The molecule has 0 unspecified atom stereocenters. The smallest absolute Gasteiger partial charge is 0.0444 e. The van der Waals surface area contributed by atoms with E-state index in [2.05, 4.69) is 30.2 Å². The lowest BCUT2D eigenvalue weighted by Gasteiger charge is -2.08. The second kappa shape index (κ2) is 3.42. The zero-order valence-electron chi connectivity index (χ0n) is 6.52. The van der Waals surface area contributed by atoms with Crippen LogP contribution in [0.25, 0.3) is 0 Å². The summed E-state index contributed by atoms with van der Waals surface area (Å²) in [5, 5.41) is 3.32. The zero-order valence-corrected chi connectivity index (χ0v) is 6.52. The Bertz CT molecular complexity index is 167.